The lowest BCUT2D eigenvalue weighted by Gasteiger charge is -2.28. The Labute approximate surface area is 135 Å². The highest BCUT2D eigenvalue weighted by Crippen LogP contribution is 2.17. The third kappa shape index (κ3) is 3.81. The lowest BCUT2D eigenvalue weighted by molar-refractivity contribution is -0.117. The Bertz CT molecular complexity index is 700. The van der Waals surface area contributed by atoms with Gasteiger partial charge in [0.15, 0.2) is 0 Å². The number of Topliss-reactive ketones (excluding diaryl/α,β-unsaturated/α-hetero) is 1. The number of nitrogens with one attached hydrogen (secondary N) is 1. The van der Waals surface area contributed by atoms with Crippen molar-refractivity contribution >= 4 is 11.7 Å². The lowest BCUT2D eigenvalue weighted by atomic mass is 10.00. The van der Waals surface area contributed by atoms with Gasteiger partial charge in [0, 0.05) is 44.1 Å². The number of hydrogen-bond donors (Lipinski definition) is 1. The molecule has 0 bridgehead atoms. The summed E-state index contributed by atoms with van der Waals surface area (Å²) in [5, 5.41) is 2.69. The summed E-state index contributed by atoms with van der Waals surface area (Å²) in [5.41, 5.74) is 3.06. The number of nitrogens with zero attached hydrogens (tertiary/aromatic N) is 2. The number of ketones is 1. The average Bonchev–Trinajstić information content (AvgIpc) is 2.61. The van der Waals surface area contributed by atoms with E-state index in [0.29, 0.717) is 12.1 Å². The fraction of sp³-hybridized carbons (Fsp3) is 0.278. The molecule has 0 aliphatic carbocycles. The van der Waals surface area contributed by atoms with Crippen LogP contribution in [0.1, 0.15) is 21.5 Å². The van der Waals surface area contributed by atoms with Crippen LogP contribution in [0.15, 0.2) is 48.8 Å². The fourth-order valence-corrected chi connectivity index (χ4v) is 2.78. The topological polar surface area (TPSA) is 62.3 Å². The van der Waals surface area contributed by atoms with Gasteiger partial charge in [-0.25, -0.2) is 0 Å². The maximum atomic E-state index is 11.9. The molecule has 0 spiro atoms. The van der Waals surface area contributed by atoms with Gasteiger partial charge in [-0.1, -0.05) is 24.3 Å². The molecule has 5 nitrogen and oxygen atoms in total. The van der Waals surface area contributed by atoms with Crippen LogP contribution in [0.5, 0.6) is 0 Å². The molecule has 0 atom stereocenters. The van der Waals surface area contributed by atoms with Crippen LogP contribution in [0.4, 0.5) is 0 Å². The van der Waals surface area contributed by atoms with E-state index in [9.17, 15) is 9.59 Å². The molecule has 0 saturated carbocycles. The standard InChI is InChI=1S/C18H19N3O2/c22-17(15-6-3-8-19-12-15)18(23)20-9-11-21-10-7-14-4-1-2-5-16(14)13-21/h1-6,8,12H,7,9-11,13H2,(H,20,23). The van der Waals surface area contributed by atoms with Crippen LogP contribution < -0.4 is 5.32 Å². The van der Waals surface area contributed by atoms with Gasteiger partial charge in [-0.2, -0.15) is 0 Å². The van der Waals surface area contributed by atoms with Crippen LogP contribution in [0.3, 0.4) is 0 Å². The van der Waals surface area contributed by atoms with Gasteiger partial charge in [-0.3, -0.25) is 19.5 Å². The van der Waals surface area contributed by atoms with Crippen molar-refractivity contribution in [3.8, 4) is 0 Å². The molecule has 1 aliphatic heterocycles. The SMILES string of the molecule is O=C(NCCN1CCc2ccccc2C1)C(=O)c1cccnc1. The van der Waals surface area contributed by atoms with E-state index in [-0.39, 0.29) is 0 Å². The van der Waals surface area contributed by atoms with E-state index >= 15 is 0 Å². The second kappa shape index (κ2) is 7.15. The van der Waals surface area contributed by atoms with Crippen molar-refractivity contribution in [3.05, 3.63) is 65.5 Å². The highest BCUT2D eigenvalue weighted by molar-refractivity contribution is 6.42. The Morgan fingerprint density at radius 3 is 2.74 bits per heavy atom. The average molecular weight is 309 g/mol. The number of benzene rings is 1. The fourth-order valence-electron chi connectivity index (χ4n) is 2.78. The summed E-state index contributed by atoms with van der Waals surface area (Å²) in [6, 6.07) is 11.7. The van der Waals surface area contributed by atoms with Crippen LogP contribution in [-0.4, -0.2) is 41.2 Å². The number of pyridine rings is 1. The molecule has 3 rings (SSSR count). The predicted molar refractivity (Wildman–Crippen MR) is 87.0 cm³/mol. The summed E-state index contributed by atoms with van der Waals surface area (Å²) in [6.45, 7) is 3.07. The smallest absolute Gasteiger partial charge is 0.292 e. The van der Waals surface area contributed by atoms with Gasteiger partial charge in [-0.05, 0) is 29.7 Å². The van der Waals surface area contributed by atoms with Crippen molar-refractivity contribution in [1.82, 2.24) is 15.2 Å². The normalized spacial score (nSPS) is 14.1. The molecule has 1 aromatic carbocycles. The summed E-state index contributed by atoms with van der Waals surface area (Å²) in [7, 11) is 0. The monoisotopic (exact) mass is 309 g/mol. The molecule has 0 fully saturated rings. The number of rotatable bonds is 5. The van der Waals surface area contributed by atoms with E-state index in [1.807, 2.05) is 0 Å². The number of aromatic nitrogens is 1. The first kappa shape index (κ1) is 15.4. The second-order valence-corrected chi connectivity index (χ2v) is 5.62. The molecule has 1 amide bonds. The summed E-state index contributed by atoms with van der Waals surface area (Å²) in [4.78, 5) is 29.9. The van der Waals surface area contributed by atoms with Crippen molar-refractivity contribution in [2.24, 2.45) is 0 Å². The summed E-state index contributed by atoms with van der Waals surface area (Å²) in [5.74, 6) is -1.11. The number of carbonyl (C=O) groups is 2. The van der Waals surface area contributed by atoms with E-state index in [1.165, 1.54) is 17.3 Å². The van der Waals surface area contributed by atoms with Gasteiger partial charge in [0.25, 0.3) is 11.7 Å². The van der Waals surface area contributed by atoms with Gasteiger partial charge < -0.3 is 5.32 Å². The van der Waals surface area contributed by atoms with Crippen LogP contribution in [-0.2, 0) is 17.8 Å². The molecule has 0 radical (unpaired) electrons. The van der Waals surface area contributed by atoms with Crippen molar-refractivity contribution < 1.29 is 9.59 Å². The first-order valence-electron chi connectivity index (χ1n) is 7.76. The van der Waals surface area contributed by atoms with Gasteiger partial charge in [0.2, 0.25) is 0 Å². The summed E-state index contributed by atoms with van der Waals surface area (Å²) < 4.78 is 0. The Morgan fingerprint density at radius 2 is 1.96 bits per heavy atom. The van der Waals surface area contributed by atoms with E-state index in [0.717, 1.165) is 26.1 Å². The quantitative estimate of drug-likeness (QED) is 0.670. The minimum Gasteiger partial charge on any atom is -0.348 e. The van der Waals surface area contributed by atoms with Gasteiger partial charge in [0.1, 0.15) is 0 Å². The molecule has 2 aromatic rings. The number of hydrogen-bond acceptors (Lipinski definition) is 4. The zero-order valence-electron chi connectivity index (χ0n) is 12.9. The van der Waals surface area contributed by atoms with E-state index in [4.69, 9.17) is 0 Å². The van der Waals surface area contributed by atoms with Crippen LogP contribution in [0.2, 0.25) is 0 Å². The molecule has 5 heteroatoms. The highest BCUT2D eigenvalue weighted by atomic mass is 16.2. The van der Waals surface area contributed by atoms with Crippen molar-refractivity contribution in [1.29, 1.82) is 0 Å². The summed E-state index contributed by atoms with van der Waals surface area (Å²) >= 11 is 0. The Hall–Kier alpha value is -2.53. The third-order valence-corrected chi connectivity index (χ3v) is 4.05. The first-order valence-corrected chi connectivity index (χ1v) is 7.76. The van der Waals surface area contributed by atoms with Crippen LogP contribution in [0.25, 0.3) is 0 Å². The largest absolute Gasteiger partial charge is 0.348 e. The molecule has 0 unspecified atom stereocenters. The molecule has 23 heavy (non-hydrogen) atoms. The maximum absolute atomic E-state index is 11.9. The Morgan fingerprint density at radius 1 is 1.13 bits per heavy atom. The predicted octanol–water partition coefficient (Wildman–Crippen LogP) is 1.44. The van der Waals surface area contributed by atoms with Gasteiger partial charge in [0.05, 0.1) is 0 Å². The molecule has 1 N–H and O–H groups in total. The Balaban J connectivity index is 1.47. The first-order chi connectivity index (χ1) is 11.2. The van der Waals surface area contributed by atoms with Gasteiger partial charge in [-0.15, -0.1) is 0 Å². The van der Waals surface area contributed by atoms with Crippen molar-refractivity contribution in [3.63, 3.8) is 0 Å². The van der Waals surface area contributed by atoms with E-state index in [1.54, 1.807) is 18.3 Å². The molecule has 1 aromatic heterocycles. The number of amides is 1. The minimum absolute atomic E-state index is 0.317. The number of fused-ring (bicyclic) bond motifs is 1. The summed E-state index contributed by atoms with van der Waals surface area (Å²) in [6.07, 6.45) is 4.01. The zero-order chi connectivity index (χ0) is 16.1. The molecule has 118 valence electrons. The van der Waals surface area contributed by atoms with Crippen molar-refractivity contribution in [2.75, 3.05) is 19.6 Å². The van der Waals surface area contributed by atoms with E-state index < -0.39 is 11.7 Å². The molecule has 2 heterocycles. The Kier molecular flexibility index (Phi) is 4.78. The second-order valence-electron chi connectivity index (χ2n) is 5.62. The van der Waals surface area contributed by atoms with Crippen LogP contribution in [0, 0.1) is 0 Å². The third-order valence-electron chi connectivity index (χ3n) is 4.05. The number of carbonyl (C=O) groups excluding carboxylic acids is 2. The highest BCUT2D eigenvalue weighted by Gasteiger charge is 2.18. The molecular weight excluding hydrogens is 290 g/mol. The van der Waals surface area contributed by atoms with Crippen molar-refractivity contribution in [2.45, 2.75) is 13.0 Å². The molecular formula is C18H19N3O2. The lowest BCUT2D eigenvalue weighted by Crippen LogP contribution is -2.39. The van der Waals surface area contributed by atoms with Crippen LogP contribution >= 0.6 is 0 Å². The van der Waals surface area contributed by atoms with Gasteiger partial charge >= 0.3 is 0 Å². The minimum atomic E-state index is -0.574. The maximum Gasteiger partial charge on any atom is 0.292 e. The van der Waals surface area contributed by atoms with E-state index in [2.05, 4.69) is 39.5 Å². The zero-order valence-corrected chi connectivity index (χ0v) is 12.9. The molecule has 0 saturated heterocycles. The molecule has 1 aliphatic rings.